The van der Waals surface area contributed by atoms with E-state index in [1.807, 2.05) is 0 Å². The Morgan fingerprint density at radius 3 is 2.69 bits per heavy atom. The van der Waals surface area contributed by atoms with Gasteiger partial charge in [-0.2, -0.15) is 0 Å². The van der Waals surface area contributed by atoms with E-state index >= 15 is 0 Å². The van der Waals surface area contributed by atoms with Crippen molar-refractivity contribution < 1.29 is 18.7 Å². The fourth-order valence-electron chi connectivity index (χ4n) is 1.20. The molecular weight excluding hydrogens is 354 g/mol. The van der Waals surface area contributed by atoms with Crippen molar-refractivity contribution in [3.05, 3.63) is 26.6 Å². The van der Waals surface area contributed by atoms with Crippen LogP contribution in [0.3, 0.4) is 0 Å². The molecule has 3 nitrogen and oxygen atoms in total. The Morgan fingerprint density at radius 2 is 2.25 bits per heavy atom. The highest BCUT2D eigenvalue weighted by Gasteiger charge is 2.19. The average Bonchev–Trinajstić information content (AvgIpc) is 2.19. The molecule has 0 bridgehead atoms. The fourth-order valence-corrected chi connectivity index (χ4v) is 2.15. The summed E-state index contributed by atoms with van der Waals surface area (Å²) in [5.74, 6) is -1.15. The summed E-state index contributed by atoms with van der Waals surface area (Å²) >= 11 is 7.24. The van der Waals surface area contributed by atoms with Crippen molar-refractivity contribution in [3.8, 4) is 0 Å². The Hall–Kier alpha value is -0.500. The lowest BCUT2D eigenvalue weighted by Crippen LogP contribution is -2.09. The van der Waals surface area contributed by atoms with E-state index in [2.05, 4.69) is 4.98 Å². The van der Waals surface area contributed by atoms with Gasteiger partial charge in [-0.15, -0.1) is 11.6 Å². The molecule has 0 saturated carbocycles. The van der Waals surface area contributed by atoms with Crippen molar-refractivity contribution in [2.75, 3.05) is 0 Å². The number of aliphatic carboxylic acids is 1. The Balaban J connectivity index is 3.27. The Morgan fingerprint density at radius 1 is 1.62 bits per heavy atom. The number of pyridine rings is 1. The molecule has 1 rings (SSSR count). The Bertz CT molecular complexity index is 415. The quantitative estimate of drug-likeness (QED) is 0.510. The summed E-state index contributed by atoms with van der Waals surface area (Å²) in [7, 11) is 0. The van der Waals surface area contributed by atoms with Gasteiger partial charge >= 0.3 is 5.97 Å². The van der Waals surface area contributed by atoms with E-state index in [-0.39, 0.29) is 20.7 Å². The molecule has 0 saturated heterocycles. The highest BCUT2D eigenvalue weighted by molar-refractivity contribution is 14.1. The molecule has 1 aromatic rings. The molecule has 7 heteroatoms. The smallest absolute Gasteiger partial charge is 0.307 e. The van der Waals surface area contributed by atoms with Crippen LogP contribution in [0.15, 0.2) is 6.07 Å². The predicted molar refractivity (Wildman–Crippen MR) is 62.8 cm³/mol. The second kappa shape index (κ2) is 5.72. The maximum Gasteiger partial charge on any atom is 0.307 e. The predicted octanol–water partition coefficient (Wildman–Crippen LogP) is 2.99. The molecule has 1 N–H and O–H groups in total. The molecule has 0 spiro atoms. The summed E-state index contributed by atoms with van der Waals surface area (Å²) < 4.78 is 25.7. The van der Waals surface area contributed by atoms with E-state index in [0.29, 0.717) is 5.69 Å². The zero-order valence-corrected chi connectivity index (χ0v) is 10.8. The molecule has 0 aromatic carbocycles. The fraction of sp³-hybridized carbons (Fsp3) is 0.333. The molecule has 1 heterocycles. The number of carboxylic acids is 1. The van der Waals surface area contributed by atoms with Crippen LogP contribution in [0.2, 0.25) is 0 Å². The van der Waals surface area contributed by atoms with Gasteiger partial charge in [0.05, 0.1) is 18.0 Å². The molecular formula is C9H7ClF2INO2. The topological polar surface area (TPSA) is 50.2 Å². The molecule has 1 aromatic heterocycles. The van der Waals surface area contributed by atoms with Crippen molar-refractivity contribution in [1.29, 1.82) is 0 Å². The van der Waals surface area contributed by atoms with E-state index in [1.54, 1.807) is 22.6 Å². The van der Waals surface area contributed by atoms with Gasteiger partial charge in [-0.05, 0) is 28.7 Å². The standard InChI is InChI=1S/C9H7ClF2INO2/c10-3-4-1-5(8(11)12)6(2-7(15)16)9(13)14-4/h1,8H,2-3H2,(H,15,16). The minimum absolute atomic E-state index is 0.0169. The van der Waals surface area contributed by atoms with Gasteiger partial charge in [-0.25, -0.2) is 13.8 Å². The first-order chi connectivity index (χ1) is 7.45. The van der Waals surface area contributed by atoms with E-state index in [4.69, 9.17) is 16.7 Å². The summed E-state index contributed by atoms with van der Waals surface area (Å²) in [6, 6.07) is 1.15. The van der Waals surface area contributed by atoms with E-state index in [9.17, 15) is 13.6 Å². The summed E-state index contributed by atoms with van der Waals surface area (Å²) in [6.07, 6.45) is -3.19. The van der Waals surface area contributed by atoms with Crippen LogP contribution in [-0.2, 0) is 17.1 Å². The minimum atomic E-state index is -2.73. The van der Waals surface area contributed by atoms with Gasteiger partial charge in [-0.3, -0.25) is 4.79 Å². The number of carboxylic acid groups (broad SMARTS) is 1. The third-order valence-corrected chi connectivity index (χ3v) is 3.03. The molecule has 0 radical (unpaired) electrons. The van der Waals surface area contributed by atoms with E-state index in [1.165, 1.54) is 0 Å². The first kappa shape index (κ1) is 13.6. The molecule has 0 aliphatic heterocycles. The number of hydrogen-bond donors (Lipinski definition) is 1. The molecule has 0 amide bonds. The SMILES string of the molecule is O=C(O)Cc1c(C(F)F)cc(CCl)nc1I. The van der Waals surface area contributed by atoms with Crippen LogP contribution in [0.25, 0.3) is 0 Å². The van der Waals surface area contributed by atoms with Crippen LogP contribution in [0.1, 0.15) is 23.2 Å². The number of carbonyl (C=O) groups is 1. The van der Waals surface area contributed by atoms with Gasteiger partial charge in [0, 0.05) is 11.1 Å². The Kier molecular flexibility index (Phi) is 4.85. The molecule has 0 atom stereocenters. The monoisotopic (exact) mass is 361 g/mol. The Labute approximate surface area is 109 Å². The molecule has 0 unspecified atom stereocenters. The molecule has 0 aliphatic rings. The second-order valence-corrected chi connectivity index (χ2v) is 4.27. The maximum absolute atomic E-state index is 12.7. The molecule has 0 aliphatic carbocycles. The number of nitrogens with zero attached hydrogens (tertiary/aromatic N) is 1. The summed E-state index contributed by atoms with van der Waals surface area (Å²) in [5.41, 5.74) is 0.0601. The van der Waals surface area contributed by atoms with Gasteiger partial charge in [-0.1, -0.05) is 0 Å². The second-order valence-electron chi connectivity index (χ2n) is 2.98. The average molecular weight is 362 g/mol. The van der Waals surface area contributed by atoms with Crippen molar-refractivity contribution >= 4 is 40.2 Å². The number of alkyl halides is 3. The molecule has 88 valence electrons. The van der Waals surface area contributed by atoms with Crippen LogP contribution in [0, 0.1) is 3.70 Å². The van der Waals surface area contributed by atoms with Crippen LogP contribution in [-0.4, -0.2) is 16.1 Å². The van der Waals surface area contributed by atoms with Crippen molar-refractivity contribution in [3.63, 3.8) is 0 Å². The number of halogens is 4. The van der Waals surface area contributed by atoms with Gasteiger partial charge in [0.1, 0.15) is 3.70 Å². The lowest BCUT2D eigenvalue weighted by atomic mass is 10.1. The van der Waals surface area contributed by atoms with Crippen molar-refractivity contribution in [1.82, 2.24) is 4.98 Å². The van der Waals surface area contributed by atoms with E-state index < -0.39 is 18.8 Å². The molecule has 16 heavy (non-hydrogen) atoms. The summed E-state index contributed by atoms with van der Waals surface area (Å²) in [5, 5.41) is 8.62. The number of aromatic nitrogens is 1. The highest BCUT2D eigenvalue weighted by atomic mass is 127. The van der Waals surface area contributed by atoms with Crippen molar-refractivity contribution in [2.45, 2.75) is 18.7 Å². The van der Waals surface area contributed by atoms with Crippen LogP contribution >= 0.6 is 34.2 Å². The maximum atomic E-state index is 12.7. The first-order valence-corrected chi connectivity index (χ1v) is 5.81. The van der Waals surface area contributed by atoms with Gasteiger partial charge in [0.15, 0.2) is 0 Å². The summed E-state index contributed by atoms with van der Waals surface area (Å²) in [4.78, 5) is 14.5. The third-order valence-electron chi connectivity index (χ3n) is 1.86. The van der Waals surface area contributed by atoms with Crippen LogP contribution in [0.5, 0.6) is 0 Å². The normalized spacial score (nSPS) is 10.8. The van der Waals surface area contributed by atoms with Crippen LogP contribution in [0.4, 0.5) is 8.78 Å². The molecule has 0 fully saturated rings. The van der Waals surface area contributed by atoms with E-state index in [0.717, 1.165) is 6.07 Å². The largest absolute Gasteiger partial charge is 0.481 e. The van der Waals surface area contributed by atoms with Crippen LogP contribution < -0.4 is 0 Å². The highest BCUT2D eigenvalue weighted by Crippen LogP contribution is 2.27. The third kappa shape index (κ3) is 3.24. The van der Waals surface area contributed by atoms with Gasteiger partial charge in [0.25, 0.3) is 6.43 Å². The summed E-state index contributed by atoms with van der Waals surface area (Å²) in [6.45, 7) is 0. The minimum Gasteiger partial charge on any atom is -0.481 e. The zero-order valence-electron chi connectivity index (χ0n) is 7.88. The lowest BCUT2D eigenvalue weighted by molar-refractivity contribution is -0.136. The van der Waals surface area contributed by atoms with Gasteiger partial charge in [0.2, 0.25) is 0 Å². The van der Waals surface area contributed by atoms with Gasteiger partial charge < -0.3 is 5.11 Å². The zero-order chi connectivity index (χ0) is 12.3. The van der Waals surface area contributed by atoms with Crippen molar-refractivity contribution in [2.24, 2.45) is 0 Å². The number of hydrogen-bond acceptors (Lipinski definition) is 2. The lowest BCUT2D eigenvalue weighted by Gasteiger charge is -2.10. The first-order valence-electron chi connectivity index (χ1n) is 4.19. The number of rotatable bonds is 4.